The van der Waals surface area contributed by atoms with Gasteiger partial charge in [-0.1, -0.05) is 29.8 Å². The molecular weight excluding hydrogens is 356 g/mol. The Balaban J connectivity index is 1.43. The minimum atomic E-state index is -0.182. The lowest BCUT2D eigenvalue weighted by Gasteiger charge is -2.06. The molecule has 1 heterocycles. The highest BCUT2D eigenvalue weighted by molar-refractivity contribution is 5.77. The molecule has 146 valence electrons. The van der Waals surface area contributed by atoms with E-state index in [9.17, 15) is 9.90 Å². The highest BCUT2D eigenvalue weighted by Crippen LogP contribution is 2.22. The molecule has 0 aliphatic rings. The Morgan fingerprint density at radius 3 is 2.71 bits per heavy atom. The van der Waals surface area contributed by atoms with E-state index in [1.54, 1.807) is 12.1 Å². The number of phenols is 1. The summed E-state index contributed by atoms with van der Waals surface area (Å²) in [6.07, 6.45) is 0.689. The molecule has 1 amide bonds. The maximum absolute atomic E-state index is 11.9. The van der Waals surface area contributed by atoms with E-state index in [0.717, 1.165) is 16.7 Å². The SMILES string of the molecule is Cc1cccc(-c2nc(COCC(=O)NCCc3ccc(O)cc3)c(C)o2)c1. The molecule has 0 unspecified atom stereocenters. The highest BCUT2D eigenvalue weighted by Gasteiger charge is 2.12. The van der Waals surface area contributed by atoms with E-state index in [4.69, 9.17) is 9.15 Å². The van der Waals surface area contributed by atoms with E-state index in [1.165, 1.54) is 0 Å². The highest BCUT2D eigenvalue weighted by atomic mass is 16.5. The van der Waals surface area contributed by atoms with Gasteiger partial charge in [-0.15, -0.1) is 0 Å². The van der Waals surface area contributed by atoms with E-state index in [1.807, 2.05) is 50.2 Å². The quantitative estimate of drug-likeness (QED) is 0.624. The van der Waals surface area contributed by atoms with Gasteiger partial charge in [0.1, 0.15) is 23.8 Å². The Morgan fingerprint density at radius 2 is 1.96 bits per heavy atom. The Labute approximate surface area is 164 Å². The summed E-state index contributed by atoms with van der Waals surface area (Å²) < 4.78 is 11.2. The predicted molar refractivity (Wildman–Crippen MR) is 106 cm³/mol. The first-order chi connectivity index (χ1) is 13.5. The van der Waals surface area contributed by atoms with Crippen LogP contribution < -0.4 is 5.32 Å². The predicted octanol–water partition coefficient (Wildman–Crippen LogP) is 3.54. The number of amides is 1. The lowest BCUT2D eigenvalue weighted by molar-refractivity contribution is -0.126. The summed E-state index contributed by atoms with van der Waals surface area (Å²) in [5, 5.41) is 12.1. The standard InChI is InChI=1S/C22H24N2O4/c1-15-4-3-5-18(12-15)22-24-20(16(2)28-22)13-27-14-21(26)23-11-10-17-6-8-19(25)9-7-17/h3-9,12,25H,10-11,13-14H2,1-2H3,(H,23,26). The van der Waals surface area contributed by atoms with E-state index < -0.39 is 0 Å². The van der Waals surface area contributed by atoms with E-state index in [-0.39, 0.29) is 24.9 Å². The summed E-state index contributed by atoms with van der Waals surface area (Å²) >= 11 is 0. The van der Waals surface area contributed by atoms with Gasteiger partial charge in [0.15, 0.2) is 0 Å². The van der Waals surface area contributed by atoms with Crippen LogP contribution in [-0.4, -0.2) is 29.1 Å². The van der Waals surface area contributed by atoms with Crippen LogP contribution in [0.3, 0.4) is 0 Å². The van der Waals surface area contributed by atoms with Crippen LogP contribution in [0.25, 0.3) is 11.5 Å². The number of hydrogen-bond acceptors (Lipinski definition) is 5. The van der Waals surface area contributed by atoms with Gasteiger partial charge in [-0.25, -0.2) is 4.98 Å². The van der Waals surface area contributed by atoms with Crippen LogP contribution in [0.2, 0.25) is 0 Å². The van der Waals surface area contributed by atoms with E-state index in [2.05, 4.69) is 10.3 Å². The fraction of sp³-hybridized carbons (Fsp3) is 0.273. The minimum Gasteiger partial charge on any atom is -0.508 e. The van der Waals surface area contributed by atoms with Crippen LogP contribution in [-0.2, 0) is 22.6 Å². The molecule has 2 N–H and O–H groups in total. The molecule has 0 saturated carbocycles. The second-order valence-corrected chi connectivity index (χ2v) is 6.65. The molecule has 0 saturated heterocycles. The minimum absolute atomic E-state index is 0.0400. The first kappa shape index (κ1) is 19.6. The lowest BCUT2D eigenvalue weighted by atomic mass is 10.1. The van der Waals surface area contributed by atoms with E-state index in [0.29, 0.717) is 30.3 Å². The molecular formula is C22H24N2O4. The van der Waals surface area contributed by atoms with Gasteiger partial charge in [-0.2, -0.15) is 0 Å². The fourth-order valence-corrected chi connectivity index (χ4v) is 2.76. The number of carbonyl (C=O) groups excluding carboxylic acids is 1. The molecule has 0 radical (unpaired) electrons. The number of rotatable bonds is 8. The van der Waals surface area contributed by atoms with Crippen molar-refractivity contribution in [2.45, 2.75) is 26.9 Å². The van der Waals surface area contributed by atoms with Crippen molar-refractivity contribution in [3.63, 3.8) is 0 Å². The Hall–Kier alpha value is -3.12. The van der Waals surface area contributed by atoms with Crippen molar-refractivity contribution < 1.29 is 19.1 Å². The maximum atomic E-state index is 11.9. The summed E-state index contributed by atoms with van der Waals surface area (Å²) in [6.45, 7) is 4.54. The summed E-state index contributed by atoms with van der Waals surface area (Å²) in [7, 11) is 0. The molecule has 6 heteroatoms. The second-order valence-electron chi connectivity index (χ2n) is 6.65. The lowest BCUT2D eigenvalue weighted by Crippen LogP contribution is -2.29. The van der Waals surface area contributed by atoms with Crippen molar-refractivity contribution in [1.82, 2.24) is 10.3 Å². The molecule has 28 heavy (non-hydrogen) atoms. The van der Waals surface area contributed by atoms with E-state index >= 15 is 0 Å². The second kappa shape index (κ2) is 9.19. The van der Waals surface area contributed by atoms with Crippen LogP contribution in [0.15, 0.2) is 52.9 Å². The fourth-order valence-electron chi connectivity index (χ4n) is 2.76. The molecule has 0 aliphatic carbocycles. The number of aromatic hydroxyl groups is 1. The molecule has 3 rings (SSSR count). The van der Waals surface area contributed by atoms with Gasteiger partial charge in [0.2, 0.25) is 11.8 Å². The number of ether oxygens (including phenoxy) is 1. The summed E-state index contributed by atoms with van der Waals surface area (Å²) in [5.41, 5.74) is 3.78. The zero-order valence-electron chi connectivity index (χ0n) is 16.1. The van der Waals surface area contributed by atoms with Crippen LogP contribution in [0.4, 0.5) is 0 Å². The third kappa shape index (κ3) is 5.44. The molecule has 0 spiro atoms. The smallest absolute Gasteiger partial charge is 0.246 e. The van der Waals surface area contributed by atoms with Crippen LogP contribution in [0.1, 0.15) is 22.6 Å². The number of nitrogens with one attached hydrogen (secondary N) is 1. The van der Waals surface area contributed by atoms with Gasteiger partial charge in [0, 0.05) is 12.1 Å². The Bertz CT molecular complexity index is 932. The van der Waals surface area contributed by atoms with Crippen LogP contribution >= 0.6 is 0 Å². The Morgan fingerprint density at radius 1 is 1.18 bits per heavy atom. The topological polar surface area (TPSA) is 84.6 Å². The van der Waals surface area contributed by atoms with Crippen molar-refractivity contribution in [3.8, 4) is 17.2 Å². The number of benzene rings is 2. The van der Waals surface area contributed by atoms with Crippen molar-refractivity contribution in [2.24, 2.45) is 0 Å². The van der Waals surface area contributed by atoms with Gasteiger partial charge in [0.25, 0.3) is 0 Å². The number of phenolic OH excluding ortho intramolecular Hbond substituents is 1. The van der Waals surface area contributed by atoms with Crippen molar-refractivity contribution in [2.75, 3.05) is 13.2 Å². The Kier molecular flexibility index (Phi) is 6.45. The number of aryl methyl sites for hydroxylation is 2. The maximum Gasteiger partial charge on any atom is 0.246 e. The van der Waals surface area contributed by atoms with Gasteiger partial charge < -0.3 is 19.6 Å². The van der Waals surface area contributed by atoms with Gasteiger partial charge in [-0.05, 0) is 50.1 Å². The van der Waals surface area contributed by atoms with Crippen molar-refractivity contribution in [1.29, 1.82) is 0 Å². The molecule has 6 nitrogen and oxygen atoms in total. The average molecular weight is 380 g/mol. The van der Waals surface area contributed by atoms with Crippen LogP contribution in [0.5, 0.6) is 5.75 Å². The molecule has 1 aromatic heterocycles. The molecule has 3 aromatic rings. The first-order valence-electron chi connectivity index (χ1n) is 9.17. The van der Waals surface area contributed by atoms with Crippen LogP contribution in [0, 0.1) is 13.8 Å². The number of hydrogen-bond donors (Lipinski definition) is 2. The summed E-state index contributed by atoms with van der Waals surface area (Å²) in [5.74, 6) is 1.29. The zero-order chi connectivity index (χ0) is 19.9. The van der Waals surface area contributed by atoms with Gasteiger partial charge >= 0.3 is 0 Å². The summed E-state index contributed by atoms with van der Waals surface area (Å²) in [4.78, 5) is 16.4. The van der Waals surface area contributed by atoms with Crippen molar-refractivity contribution >= 4 is 5.91 Å². The number of nitrogens with zero attached hydrogens (tertiary/aromatic N) is 1. The average Bonchev–Trinajstić information content (AvgIpc) is 3.04. The molecule has 0 fully saturated rings. The normalized spacial score (nSPS) is 10.8. The third-order valence-electron chi connectivity index (χ3n) is 4.30. The monoisotopic (exact) mass is 380 g/mol. The number of oxazole rings is 1. The van der Waals surface area contributed by atoms with Gasteiger partial charge in [0.05, 0.1) is 6.61 Å². The molecule has 2 aromatic carbocycles. The number of carbonyl (C=O) groups is 1. The van der Waals surface area contributed by atoms with Crippen molar-refractivity contribution in [3.05, 3.63) is 71.1 Å². The largest absolute Gasteiger partial charge is 0.508 e. The number of aromatic nitrogens is 1. The molecule has 0 atom stereocenters. The zero-order valence-corrected chi connectivity index (χ0v) is 16.1. The summed E-state index contributed by atoms with van der Waals surface area (Å²) in [6, 6.07) is 14.9. The third-order valence-corrected chi connectivity index (χ3v) is 4.30. The van der Waals surface area contributed by atoms with Gasteiger partial charge in [-0.3, -0.25) is 4.79 Å². The first-order valence-corrected chi connectivity index (χ1v) is 9.17. The molecule has 0 aliphatic heterocycles. The molecule has 0 bridgehead atoms.